The lowest BCUT2D eigenvalue weighted by Gasteiger charge is -2.29. The molecule has 1 amide bonds. The Morgan fingerprint density at radius 3 is 2.69 bits per heavy atom. The molecule has 0 spiro atoms. The van der Waals surface area contributed by atoms with E-state index < -0.39 is 0 Å². The molecule has 8 nitrogen and oxygen atoms in total. The number of nitrogens with zero attached hydrogens (tertiary/aromatic N) is 3. The molecular formula is C24H30N4O4. The number of ketones is 1. The molecule has 2 fully saturated rings. The summed E-state index contributed by atoms with van der Waals surface area (Å²) < 4.78 is 13.2. The topological polar surface area (TPSA) is 95.3 Å². The Morgan fingerprint density at radius 1 is 1.19 bits per heavy atom. The van der Waals surface area contributed by atoms with E-state index in [-0.39, 0.29) is 29.3 Å². The lowest BCUT2D eigenvalue weighted by molar-refractivity contribution is 0.0856. The van der Waals surface area contributed by atoms with Crippen molar-refractivity contribution in [2.24, 2.45) is 5.41 Å². The van der Waals surface area contributed by atoms with Crippen LogP contribution in [0.4, 0.5) is 0 Å². The van der Waals surface area contributed by atoms with Crippen LogP contribution in [0, 0.1) is 5.41 Å². The van der Waals surface area contributed by atoms with Gasteiger partial charge in [-0.1, -0.05) is 13.8 Å². The van der Waals surface area contributed by atoms with Crippen LogP contribution in [0.2, 0.25) is 0 Å². The molecule has 3 aliphatic rings. The summed E-state index contributed by atoms with van der Waals surface area (Å²) in [4.78, 5) is 30.1. The van der Waals surface area contributed by atoms with Gasteiger partial charge >= 0.3 is 0 Å². The van der Waals surface area contributed by atoms with E-state index in [1.165, 1.54) is 0 Å². The Morgan fingerprint density at radius 2 is 2.00 bits per heavy atom. The number of pyridine rings is 1. The zero-order valence-corrected chi connectivity index (χ0v) is 18.7. The number of hydrogen-bond acceptors (Lipinski definition) is 6. The molecule has 170 valence electrons. The second kappa shape index (κ2) is 8.41. The first kappa shape index (κ1) is 21.3. The predicted molar refractivity (Wildman–Crippen MR) is 117 cm³/mol. The van der Waals surface area contributed by atoms with Crippen LogP contribution in [-0.2, 0) is 15.9 Å². The summed E-state index contributed by atoms with van der Waals surface area (Å²) in [6.07, 6.45) is 6.62. The fraction of sp³-hybridized carbons (Fsp3) is 0.583. The number of ether oxygens (including phenoxy) is 2. The lowest BCUT2D eigenvalue weighted by Crippen LogP contribution is -2.31. The van der Waals surface area contributed by atoms with Gasteiger partial charge in [0.15, 0.2) is 11.6 Å². The van der Waals surface area contributed by atoms with Crippen LogP contribution in [0.25, 0.3) is 5.82 Å². The van der Waals surface area contributed by atoms with Crippen molar-refractivity contribution in [1.82, 2.24) is 20.1 Å². The van der Waals surface area contributed by atoms with Crippen molar-refractivity contribution in [3.63, 3.8) is 0 Å². The molecule has 4 heterocycles. The number of carbonyl (C=O) groups is 2. The van der Waals surface area contributed by atoms with Crippen molar-refractivity contribution in [1.29, 1.82) is 0 Å². The summed E-state index contributed by atoms with van der Waals surface area (Å²) in [6, 6.07) is 3.54. The van der Waals surface area contributed by atoms with Gasteiger partial charge in [-0.25, -0.2) is 9.67 Å². The zero-order valence-electron chi connectivity index (χ0n) is 18.7. The van der Waals surface area contributed by atoms with E-state index in [1.807, 2.05) is 0 Å². The fourth-order valence-electron chi connectivity index (χ4n) is 4.95. The number of amides is 1. The minimum absolute atomic E-state index is 0.0962. The maximum Gasteiger partial charge on any atom is 0.252 e. The average Bonchev–Trinajstić information content (AvgIpc) is 3.51. The summed E-state index contributed by atoms with van der Waals surface area (Å²) in [5, 5.41) is 7.73. The van der Waals surface area contributed by atoms with Crippen molar-refractivity contribution >= 4 is 11.7 Å². The van der Waals surface area contributed by atoms with Gasteiger partial charge in [0, 0.05) is 32.4 Å². The Hall–Kier alpha value is -2.58. The van der Waals surface area contributed by atoms with Crippen molar-refractivity contribution in [2.75, 3.05) is 19.8 Å². The van der Waals surface area contributed by atoms with Gasteiger partial charge in [0.2, 0.25) is 0 Å². The first-order valence-corrected chi connectivity index (χ1v) is 11.5. The average molecular weight is 439 g/mol. The van der Waals surface area contributed by atoms with Crippen LogP contribution in [-0.4, -0.2) is 52.3 Å². The number of Topliss-reactive ketones (excluding diaryl/α,β-unsaturated/α-hetero) is 1. The number of fused-ring (bicyclic) bond motifs is 1. The number of nitrogens with one attached hydrogen (secondary N) is 1. The molecule has 2 unspecified atom stereocenters. The third-order valence-corrected chi connectivity index (χ3v) is 6.55. The van der Waals surface area contributed by atoms with Gasteiger partial charge in [0.05, 0.1) is 22.9 Å². The molecule has 2 aliphatic heterocycles. The fourth-order valence-corrected chi connectivity index (χ4v) is 4.95. The first-order chi connectivity index (χ1) is 15.4. The van der Waals surface area contributed by atoms with E-state index in [2.05, 4.69) is 24.1 Å². The number of carbonyl (C=O) groups excluding carboxylic acids is 2. The van der Waals surface area contributed by atoms with Gasteiger partial charge in [-0.3, -0.25) is 9.59 Å². The number of hydrogen-bond donors (Lipinski definition) is 1. The number of aromatic nitrogens is 3. The van der Waals surface area contributed by atoms with Crippen molar-refractivity contribution in [3.05, 3.63) is 40.8 Å². The Labute approximate surface area is 187 Å². The van der Waals surface area contributed by atoms with E-state index >= 15 is 0 Å². The summed E-state index contributed by atoms with van der Waals surface area (Å²) >= 11 is 0. The molecule has 2 aromatic heterocycles. The van der Waals surface area contributed by atoms with Crippen LogP contribution in [0.1, 0.15) is 84.2 Å². The van der Waals surface area contributed by atoms with Crippen LogP contribution in [0.15, 0.2) is 18.3 Å². The molecule has 2 atom stereocenters. The Balaban J connectivity index is 1.42. The summed E-state index contributed by atoms with van der Waals surface area (Å²) in [5.41, 5.74) is 2.68. The molecular weight excluding hydrogens is 408 g/mol. The van der Waals surface area contributed by atoms with Gasteiger partial charge in [-0.05, 0) is 49.7 Å². The maximum atomic E-state index is 13.1. The molecule has 0 radical (unpaired) electrons. The predicted octanol–water partition coefficient (Wildman–Crippen LogP) is 3.18. The van der Waals surface area contributed by atoms with Gasteiger partial charge in [0.1, 0.15) is 11.8 Å². The third-order valence-electron chi connectivity index (χ3n) is 6.55. The standard InChI is InChI=1S/C24H30N4O4/c1-24(2)11-17-21(18(29)12-24)22(19-6-4-10-32-19)27-28(17)20-8-7-15(13-25-20)23(30)26-14-16-5-3-9-31-16/h7-8,13,16,19H,3-6,9-12,14H2,1-2H3,(H,26,30). The van der Waals surface area contributed by atoms with Gasteiger partial charge in [-0.2, -0.15) is 5.10 Å². The zero-order chi connectivity index (χ0) is 22.3. The molecule has 1 aliphatic carbocycles. The van der Waals surface area contributed by atoms with Gasteiger partial charge < -0.3 is 14.8 Å². The smallest absolute Gasteiger partial charge is 0.252 e. The number of rotatable bonds is 5. The van der Waals surface area contributed by atoms with Crippen LogP contribution in [0.5, 0.6) is 0 Å². The summed E-state index contributed by atoms with van der Waals surface area (Å²) in [5.74, 6) is 0.559. The minimum Gasteiger partial charge on any atom is -0.376 e. The highest BCUT2D eigenvalue weighted by Gasteiger charge is 2.39. The van der Waals surface area contributed by atoms with E-state index in [1.54, 1.807) is 23.0 Å². The molecule has 0 bridgehead atoms. The van der Waals surface area contributed by atoms with E-state index in [9.17, 15) is 9.59 Å². The normalized spacial score (nSPS) is 24.5. The van der Waals surface area contributed by atoms with E-state index in [4.69, 9.17) is 14.6 Å². The van der Waals surface area contributed by atoms with Crippen molar-refractivity contribution in [3.8, 4) is 5.82 Å². The third kappa shape index (κ3) is 4.09. The molecule has 0 aromatic carbocycles. The second-order valence-electron chi connectivity index (χ2n) is 9.81. The highest BCUT2D eigenvalue weighted by molar-refractivity contribution is 6.00. The molecule has 8 heteroatoms. The van der Waals surface area contributed by atoms with E-state index in [0.717, 1.165) is 50.1 Å². The highest BCUT2D eigenvalue weighted by Crippen LogP contribution is 2.40. The van der Waals surface area contributed by atoms with E-state index in [0.29, 0.717) is 36.5 Å². The van der Waals surface area contributed by atoms with Crippen molar-refractivity contribution in [2.45, 2.75) is 64.6 Å². The first-order valence-electron chi connectivity index (χ1n) is 11.5. The van der Waals surface area contributed by atoms with Gasteiger partial charge in [0.25, 0.3) is 5.91 Å². The minimum atomic E-state index is -0.168. The van der Waals surface area contributed by atoms with Crippen LogP contribution >= 0.6 is 0 Å². The Bertz CT molecular complexity index is 1020. The van der Waals surface area contributed by atoms with Gasteiger partial charge in [-0.15, -0.1) is 0 Å². The Kier molecular flexibility index (Phi) is 5.59. The molecule has 2 saturated heterocycles. The molecule has 1 N–H and O–H groups in total. The maximum absolute atomic E-state index is 13.1. The monoisotopic (exact) mass is 438 g/mol. The van der Waals surface area contributed by atoms with Crippen LogP contribution in [0.3, 0.4) is 0 Å². The van der Waals surface area contributed by atoms with Crippen LogP contribution < -0.4 is 5.32 Å². The summed E-state index contributed by atoms with van der Waals surface area (Å²) in [7, 11) is 0. The largest absolute Gasteiger partial charge is 0.376 e. The lowest BCUT2D eigenvalue weighted by atomic mass is 9.75. The second-order valence-corrected chi connectivity index (χ2v) is 9.81. The van der Waals surface area contributed by atoms with Crippen molar-refractivity contribution < 1.29 is 19.1 Å². The molecule has 0 saturated carbocycles. The highest BCUT2D eigenvalue weighted by atomic mass is 16.5. The summed E-state index contributed by atoms with van der Waals surface area (Å²) in [6.45, 7) is 6.17. The quantitative estimate of drug-likeness (QED) is 0.770. The molecule has 32 heavy (non-hydrogen) atoms. The molecule has 2 aromatic rings. The SMILES string of the molecule is CC1(C)CC(=O)c2c(C3CCCO3)nn(-c3ccc(C(=O)NCC4CCCO4)cn3)c2C1. The molecule has 5 rings (SSSR count).